The van der Waals surface area contributed by atoms with E-state index < -0.39 is 12.6 Å². The van der Waals surface area contributed by atoms with Gasteiger partial charge in [-0.1, -0.05) is 6.92 Å². The Balaban J connectivity index is 2.46. The first-order valence-corrected chi connectivity index (χ1v) is 6.23. The van der Waals surface area contributed by atoms with Gasteiger partial charge in [0.15, 0.2) is 5.82 Å². The van der Waals surface area contributed by atoms with Crippen molar-refractivity contribution in [2.45, 2.75) is 32.5 Å². The number of nitrogens with zero attached hydrogens (tertiary/aromatic N) is 3. The van der Waals surface area contributed by atoms with Crippen molar-refractivity contribution < 1.29 is 13.2 Å². The fraction of sp³-hybridized carbons (Fsp3) is 0.667. The molecular weight excluding hydrogens is 257 g/mol. The van der Waals surface area contributed by atoms with E-state index in [0.29, 0.717) is 12.4 Å². The Morgan fingerprint density at radius 1 is 1.26 bits per heavy atom. The molecule has 0 fully saturated rings. The lowest BCUT2D eigenvalue weighted by atomic mass is 10.3. The minimum atomic E-state index is -4.15. The van der Waals surface area contributed by atoms with E-state index in [2.05, 4.69) is 22.4 Å². The number of rotatable bonds is 7. The predicted molar refractivity (Wildman–Crippen MR) is 68.0 cm³/mol. The molecule has 0 radical (unpaired) electrons. The Morgan fingerprint density at radius 3 is 2.53 bits per heavy atom. The van der Waals surface area contributed by atoms with Crippen LogP contribution in [0.25, 0.3) is 0 Å². The standard InChI is InChI=1S/C12H19F3N4/c1-3-7-16-9-10-4-5-11(18-17-10)19(2)8-6-12(13,14)15/h4-5,16H,3,6-9H2,1-2H3. The maximum atomic E-state index is 12.1. The first-order chi connectivity index (χ1) is 8.92. The third kappa shape index (κ3) is 6.37. The van der Waals surface area contributed by atoms with Gasteiger partial charge in [0.25, 0.3) is 0 Å². The molecule has 108 valence electrons. The molecule has 1 aromatic rings. The number of hydrogen-bond donors (Lipinski definition) is 1. The molecule has 1 N–H and O–H groups in total. The van der Waals surface area contributed by atoms with Crippen molar-refractivity contribution in [3.05, 3.63) is 17.8 Å². The summed E-state index contributed by atoms with van der Waals surface area (Å²) in [5.74, 6) is 0.448. The maximum Gasteiger partial charge on any atom is 0.390 e. The van der Waals surface area contributed by atoms with E-state index in [-0.39, 0.29) is 6.54 Å². The summed E-state index contributed by atoms with van der Waals surface area (Å²) in [7, 11) is 1.57. The molecule has 19 heavy (non-hydrogen) atoms. The van der Waals surface area contributed by atoms with Gasteiger partial charge in [-0.3, -0.25) is 0 Å². The molecule has 7 heteroatoms. The molecule has 0 atom stereocenters. The molecule has 0 aliphatic carbocycles. The average molecular weight is 276 g/mol. The van der Waals surface area contributed by atoms with Gasteiger partial charge in [0.1, 0.15) is 0 Å². The second-order valence-electron chi connectivity index (χ2n) is 4.35. The topological polar surface area (TPSA) is 41.0 Å². The summed E-state index contributed by atoms with van der Waals surface area (Å²) in [5, 5.41) is 11.1. The summed E-state index contributed by atoms with van der Waals surface area (Å²) in [4.78, 5) is 1.45. The van der Waals surface area contributed by atoms with Gasteiger partial charge in [-0.25, -0.2) is 0 Å². The number of hydrogen-bond acceptors (Lipinski definition) is 4. The molecule has 4 nitrogen and oxygen atoms in total. The van der Waals surface area contributed by atoms with E-state index in [1.165, 1.54) is 4.90 Å². The van der Waals surface area contributed by atoms with E-state index in [1.54, 1.807) is 19.2 Å². The second-order valence-corrected chi connectivity index (χ2v) is 4.35. The normalized spacial score (nSPS) is 11.6. The Kier molecular flexibility index (Phi) is 6.01. The van der Waals surface area contributed by atoms with Crippen molar-refractivity contribution >= 4 is 5.82 Å². The predicted octanol–water partition coefficient (Wildman–Crippen LogP) is 2.36. The SMILES string of the molecule is CCCNCc1ccc(N(C)CCC(F)(F)F)nn1. The molecule has 0 spiro atoms. The number of aromatic nitrogens is 2. The van der Waals surface area contributed by atoms with Crippen LogP contribution < -0.4 is 10.2 Å². The number of alkyl halides is 3. The van der Waals surface area contributed by atoms with Gasteiger partial charge < -0.3 is 10.2 Å². The van der Waals surface area contributed by atoms with E-state index in [0.717, 1.165) is 18.7 Å². The number of halogens is 3. The largest absolute Gasteiger partial charge is 0.390 e. The van der Waals surface area contributed by atoms with Gasteiger partial charge in [-0.15, -0.1) is 5.10 Å². The van der Waals surface area contributed by atoms with Crippen molar-refractivity contribution in [2.24, 2.45) is 0 Å². The summed E-state index contributed by atoms with van der Waals surface area (Å²) in [6.07, 6.45) is -3.97. The molecule has 0 saturated carbocycles. The highest BCUT2D eigenvalue weighted by Gasteiger charge is 2.27. The summed E-state index contributed by atoms with van der Waals surface area (Å²) in [6, 6.07) is 3.46. The molecule has 0 saturated heterocycles. The molecule has 1 aromatic heterocycles. The zero-order chi connectivity index (χ0) is 14.3. The van der Waals surface area contributed by atoms with Crippen molar-refractivity contribution in [1.29, 1.82) is 0 Å². The molecule has 0 bridgehead atoms. The van der Waals surface area contributed by atoms with Gasteiger partial charge in [0, 0.05) is 20.1 Å². The van der Waals surface area contributed by atoms with Gasteiger partial charge in [0.2, 0.25) is 0 Å². The second kappa shape index (κ2) is 7.28. The summed E-state index contributed by atoms with van der Waals surface area (Å²) < 4.78 is 36.3. The monoisotopic (exact) mass is 276 g/mol. The molecule has 0 amide bonds. The fourth-order valence-electron chi connectivity index (χ4n) is 1.45. The number of nitrogens with one attached hydrogen (secondary N) is 1. The third-order valence-electron chi connectivity index (χ3n) is 2.56. The zero-order valence-corrected chi connectivity index (χ0v) is 11.2. The van der Waals surface area contributed by atoms with Crippen LogP contribution >= 0.6 is 0 Å². The Labute approximate surface area is 111 Å². The summed E-state index contributed by atoms with van der Waals surface area (Å²) in [6.45, 7) is 3.46. The fourth-order valence-corrected chi connectivity index (χ4v) is 1.45. The molecule has 0 aliphatic heterocycles. The van der Waals surface area contributed by atoms with Gasteiger partial charge in [-0.05, 0) is 25.1 Å². The van der Waals surface area contributed by atoms with Crippen LogP contribution in [-0.2, 0) is 6.54 Å². The summed E-state index contributed by atoms with van der Waals surface area (Å²) in [5.41, 5.74) is 0.779. The molecular formula is C12H19F3N4. The first-order valence-electron chi connectivity index (χ1n) is 6.23. The van der Waals surface area contributed by atoms with Crippen LogP contribution in [-0.4, -0.2) is 36.5 Å². The van der Waals surface area contributed by atoms with E-state index in [4.69, 9.17) is 0 Å². The molecule has 1 rings (SSSR count). The van der Waals surface area contributed by atoms with Crippen LogP contribution in [0.2, 0.25) is 0 Å². The van der Waals surface area contributed by atoms with Crippen LogP contribution in [0, 0.1) is 0 Å². The maximum absolute atomic E-state index is 12.1. The minimum Gasteiger partial charge on any atom is -0.358 e. The summed E-state index contributed by atoms with van der Waals surface area (Å²) >= 11 is 0. The van der Waals surface area contributed by atoms with E-state index >= 15 is 0 Å². The highest BCUT2D eigenvalue weighted by Crippen LogP contribution is 2.20. The van der Waals surface area contributed by atoms with Crippen LogP contribution in [0.15, 0.2) is 12.1 Å². The van der Waals surface area contributed by atoms with Crippen LogP contribution in [0.3, 0.4) is 0 Å². The zero-order valence-electron chi connectivity index (χ0n) is 11.2. The Morgan fingerprint density at radius 2 is 2.00 bits per heavy atom. The van der Waals surface area contributed by atoms with E-state index in [1.807, 2.05) is 0 Å². The highest BCUT2D eigenvalue weighted by atomic mass is 19.4. The van der Waals surface area contributed by atoms with Gasteiger partial charge in [0.05, 0.1) is 12.1 Å². The van der Waals surface area contributed by atoms with Crippen LogP contribution in [0.5, 0.6) is 0 Å². The van der Waals surface area contributed by atoms with Gasteiger partial charge in [-0.2, -0.15) is 18.3 Å². The quantitative estimate of drug-likeness (QED) is 0.776. The molecule has 0 aromatic carbocycles. The van der Waals surface area contributed by atoms with Gasteiger partial charge >= 0.3 is 6.18 Å². The Hall–Kier alpha value is -1.37. The lowest BCUT2D eigenvalue weighted by Crippen LogP contribution is -2.25. The van der Waals surface area contributed by atoms with Crippen molar-refractivity contribution in [3.8, 4) is 0 Å². The molecule has 0 aliphatic rings. The van der Waals surface area contributed by atoms with Crippen molar-refractivity contribution in [3.63, 3.8) is 0 Å². The smallest absolute Gasteiger partial charge is 0.358 e. The average Bonchev–Trinajstić information content (AvgIpc) is 2.36. The highest BCUT2D eigenvalue weighted by molar-refractivity contribution is 5.35. The number of anilines is 1. The van der Waals surface area contributed by atoms with E-state index in [9.17, 15) is 13.2 Å². The van der Waals surface area contributed by atoms with Crippen molar-refractivity contribution in [2.75, 3.05) is 25.0 Å². The molecule has 1 heterocycles. The molecule has 0 unspecified atom stereocenters. The first kappa shape index (κ1) is 15.7. The lowest BCUT2D eigenvalue weighted by Gasteiger charge is -2.18. The van der Waals surface area contributed by atoms with Crippen LogP contribution in [0.4, 0.5) is 19.0 Å². The lowest BCUT2D eigenvalue weighted by molar-refractivity contribution is -0.132. The Bertz CT molecular complexity index is 364. The minimum absolute atomic E-state index is 0.119. The van der Waals surface area contributed by atoms with Crippen molar-refractivity contribution in [1.82, 2.24) is 15.5 Å². The van der Waals surface area contributed by atoms with Crippen LogP contribution in [0.1, 0.15) is 25.5 Å². The third-order valence-corrected chi connectivity index (χ3v) is 2.56.